The van der Waals surface area contributed by atoms with E-state index in [0.29, 0.717) is 26.9 Å². The van der Waals surface area contributed by atoms with E-state index in [1.165, 1.54) is 4.90 Å². The van der Waals surface area contributed by atoms with E-state index in [-0.39, 0.29) is 18.7 Å². The van der Waals surface area contributed by atoms with Crippen molar-refractivity contribution < 1.29 is 14.7 Å². The first kappa shape index (κ1) is 22.5. The van der Waals surface area contributed by atoms with Crippen LogP contribution in [0.2, 0.25) is 10.0 Å². The third-order valence-electron chi connectivity index (χ3n) is 5.92. The Balaban J connectivity index is 1.73. The second-order valence-corrected chi connectivity index (χ2v) is 9.29. The van der Waals surface area contributed by atoms with E-state index in [2.05, 4.69) is 0 Å². The van der Waals surface area contributed by atoms with E-state index in [9.17, 15) is 14.7 Å². The molecule has 0 fully saturated rings. The Morgan fingerprint density at radius 2 is 1.53 bits per heavy atom. The smallest absolute Gasteiger partial charge is 0.264 e. The SMILES string of the molecule is Cc1cc(C)c(C(=O)C[C@@]2(O)C(=O)N(Cc3ccc(Cl)cc3)c3ccc(Cl)cc32)c(C)c1. The number of nitrogens with zero attached hydrogens (tertiary/aromatic N) is 1. The third-order valence-corrected chi connectivity index (χ3v) is 6.41. The zero-order valence-electron chi connectivity index (χ0n) is 18.1. The van der Waals surface area contributed by atoms with Crippen molar-refractivity contribution in [2.24, 2.45) is 0 Å². The predicted octanol–water partition coefficient (Wildman–Crippen LogP) is 5.93. The predicted molar refractivity (Wildman–Crippen MR) is 128 cm³/mol. The number of carbonyl (C=O) groups excluding carboxylic acids is 2. The summed E-state index contributed by atoms with van der Waals surface area (Å²) in [4.78, 5) is 28.3. The van der Waals surface area contributed by atoms with Crippen LogP contribution >= 0.6 is 23.2 Å². The zero-order chi connectivity index (χ0) is 23.2. The molecule has 0 aliphatic carbocycles. The summed E-state index contributed by atoms with van der Waals surface area (Å²) in [6.45, 7) is 5.94. The van der Waals surface area contributed by atoms with Crippen molar-refractivity contribution in [3.63, 3.8) is 0 Å². The largest absolute Gasteiger partial charge is 0.375 e. The quantitative estimate of drug-likeness (QED) is 0.473. The minimum Gasteiger partial charge on any atom is -0.375 e. The Bertz CT molecular complexity index is 1210. The molecule has 0 unspecified atom stereocenters. The number of fused-ring (bicyclic) bond motifs is 1. The van der Waals surface area contributed by atoms with Gasteiger partial charge in [0.1, 0.15) is 0 Å². The molecule has 1 aliphatic rings. The maximum absolute atomic E-state index is 13.5. The molecule has 1 atom stereocenters. The molecular weight excluding hydrogens is 445 g/mol. The molecule has 32 heavy (non-hydrogen) atoms. The number of Topliss-reactive ketones (excluding diaryl/α,β-unsaturated/α-hetero) is 1. The van der Waals surface area contributed by atoms with E-state index in [1.807, 2.05) is 45.0 Å². The van der Waals surface area contributed by atoms with Gasteiger partial charge in [0.05, 0.1) is 18.7 Å². The van der Waals surface area contributed by atoms with Crippen molar-refractivity contribution in [1.29, 1.82) is 0 Å². The Morgan fingerprint density at radius 3 is 2.16 bits per heavy atom. The molecular formula is C26H23Cl2NO3. The Labute approximate surface area is 197 Å². The van der Waals surface area contributed by atoms with E-state index in [1.54, 1.807) is 30.3 Å². The average molecular weight is 468 g/mol. The molecule has 0 saturated heterocycles. The molecule has 6 heteroatoms. The van der Waals surface area contributed by atoms with E-state index >= 15 is 0 Å². The molecule has 1 N–H and O–H groups in total. The number of benzene rings is 3. The average Bonchev–Trinajstić information content (AvgIpc) is 2.90. The summed E-state index contributed by atoms with van der Waals surface area (Å²) in [5, 5.41) is 12.6. The van der Waals surface area contributed by atoms with Gasteiger partial charge < -0.3 is 10.0 Å². The van der Waals surface area contributed by atoms with Crippen LogP contribution in [0.5, 0.6) is 0 Å². The lowest BCUT2D eigenvalue weighted by molar-refractivity contribution is -0.136. The maximum Gasteiger partial charge on any atom is 0.264 e. The van der Waals surface area contributed by atoms with Crippen LogP contribution in [0.15, 0.2) is 54.6 Å². The highest BCUT2D eigenvalue weighted by Gasteiger charge is 2.51. The molecule has 1 amide bonds. The lowest BCUT2D eigenvalue weighted by atomic mass is 9.85. The van der Waals surface area contributed by atoms with Crippen LogP contribution in [0.25, 0.3) is 0 Å². The molecule has 1 aliphatic heterocycles. The number of halogens is 2. The monoisotopic (exact) mass is 467 g/mol. The van der Waals surface area contributed by atoms with Gasteiger partial charge in [-0.15, -0.1) is 0 Å². The number of amides is 1. The Hall–Kier alpha value is -2.66. The molecule has 1 heterocycles. The summed E-state index contributed by atoms with van der Waals surface area (Å²) in [5.74, 6) is -0.824. The van der Waals surface area contributed by atoms with Gasteiger partial charge in [-0.2, -0.15) is 0 Å². The molecule has 4 nitrogen and oxygen atoms in total. The number of aryl methyl sites for hydroxylation is 3. The summed E-state index contributed by atoms with van der Waals surface area (Å²) < 4.78 is 0. The number of aliphatic hydroxyl groups is 1. The maximum atomic E-state index is 13.5. The van der Waals surface area contributed by atoms with Crippen LogP contribution in [0.1, 0.15) is 44.6 Å². The minimum absolute atomic E-state index is 0.240. The van der Waals surface area contributed by atoms with E-state index < -0.39 is 11.5 Å². The summed E-state index contributed by atoms with van der Waals surface area (Å²) in [7, 11) is 0. The first-order valence-electron chi connectivity index (χ1n) is 10.3. The van der Waals surface area contributed by atoms with Gasteiger partial charge in [-0.05, 0) is 67.8 Å². The lowest BCUT2D eigenvalue weighted by Gasteiger charge is -2.23. The van der Waals surface area contributed by atoms with Crippen LogP contribution in [0, 0.1) is 20.8 Å². The third kappa shape index (κ3) is 3.95. The van der Waals surface area contributed by atoms with Crippen LogP contribution in [-0.4, -0.2) is 16.8 Å². The number of hydrogen-bond acceptors (Lipinski definition) is 3. The van der Waals surface area contributed by atoms with E-state index in [4.69, 9.17) is 23.2 Å². The van der Waals surface area contributed by atoms with Crippen LogP contribution < -0.4 is 4.90 Å². The molecule has 4 rings (SSSR count). The number of ketones is 1. The molecule has 3 aromatic carbocycles. The van der Waals surface area contributed by atoms with Crippen molar-refractivity contribution in [1.82, 2.24) is 0 Å². The van der Waals surface area contributed by atoms with Crippen molar-refractivity contribution in [3.8, 4) is 0 Å². The van der Waals surface area contributed by atoms with Crippen molar-refractivity contribution in [2.45, 2.75) is 39.3 Å². The topological polar surface area (TPSA) is 57.6 Å². The summed E-state index contributed by atoms with van der Waals surface area (Å²) in [5.41, 5.74) is 2.99. The van der Waals surface area contributed by atoms with E-state index in [0.717, 1.165) is 22.3 Å². The second-order valence-electron chi connectivity index (χ2n) is 8.41. The van der Waals surface area contributed by atoms with Gasteiger partial charge in [-0.3, -0.25) is 9.59 Å². The standard InChI is InChI=1S/C26H23Cl2NO3/c1-15-10-16(2)24(17(3)11-15)23(30)13-26(32)21-12-20(28)8-9-22(21)29(25(26)31)14-18-4-6-19(27)7-5-18/h4-12,32H,13-14H2,1-3H3/t26-/m0/s1. The number of carbonyl (C=O) groups is 2. The van der Waals surface area contributed by atoms with Gasteiger partial charge in [-0.1, -0.05) is 53.0 Å². The summed E-state index contributed by atoms with van der Waals surface area (Å²) >= 11 is 12.2. The van der Waals surface area contributed by atoms with Gasteiger partial charge in [-0.25, -0.2) is 0 Å². The van der Waals surface area contributed by atoms with Crippen molar-refractivity contribution >= 4 is 40.6 Å². The van der Waals surface area contributed by atoms with Crippen LogP contribution in [-0.2, 0) is 16.9 Å². The number of anilines is 1. The fourth-order valence-corrected chi connectivity index (χ4v) is 4.86. The van der Waals surface area contributed by atoms with Gasteiger partial charge in [0.2, 0.25) is 0 Å². The van der Waals surface area contributed by atoms with Crippen molar-refractivity contribution in [3.05, 3.63) is 98.0 Å². The fourth-order valence-electron chi connectivity index (χ4n) is 4.56. The van der Waals surface area contributed by atoms with Gasteiger partial charge in [0.25, 0.3) is 5.91 Å². The normalized spacial score (nSPS) is 17.6. The molecule has 0 spiro atoms. The number of hydrogen-bond donors (Lipinski definition) is 1. The van der Waals surface area contributed by atoms with Crippen LogP contribution in [0.4, 0.5) is 5.69 Å². The van der Waals surface area contributed by atoms with Crippen LogP contribution in [0.3, 0.4) is 0 Å². The Kier molecular flexibility index (Phi) is 5.89. The lowest BCUT2D eigenvalue weighted by Crippen LogP contribution is -2.41. The molecule has 0 saturated carbocycles. The van der Waals surface area contributed by atoms with Gasteiger partial charge in [0.15, 0.2) is 11.4 Å². The highest BCUT2D eigenvalue weighted by Crippen LogP contribution is 2.45. The highest BCUT2D eigenvalue weighted by molar-refractivity contribution is 6.31. The zero-order valence-corrected chi connectivity index (χ0v) is 19.6. The van der Waals surface area contributed by atoms with Gasteiger partial charge >= 0.3 is 0 Å². The molecule has 0 bridgehead atoms. The molecule has 164 valence electrons. The molecule has 0 radical (unpaired) electrons. The molecule has 0 aromatic heterocycles. The highest BCUT2D eigenvalue weighted by atomic mass is 35.5. The minimum atomic E-state index is -1.99. The summed E-state index contributed by atoms with van der Waals surface area (Å²) in [6, 6.07) is 16.0. The summed E-state index contributed by atoms with van der Waals surface area (Å²) in [6.07, 6.45) is -0.360. The fraction of sp³-hybridized carbons (Fsp3) is 0.231. The van der Waals surface area contributed by atoms with Crippen molar-refractivity contribution in [2.75, 3.05) is 4.90 Å². The first-order chi connectivity index (χ1) is 15.1. The number of rotatable bonds is 5. The second kappa shape index (κ2) is 8.36. The Morgan fingerprint density at radius 1 is 0.938 bits per heavy atom. The van der Waals surface area contributed by atoms with Gasteiger partial charge in [0, 0.05) is 21.2 Å². The first-order valence-corrected chi connectivity index (χ1v) is 11.1. The molecule has 3 aromatic rings.